The molecule has 1 amide bonds. The number of carbonyl (C=O) groups excluding carboxylic acids is 1. The monoisotopic (exact) mass is 430 g/mol. The maximum absolute atomic E-state index is 12.8. The van der Waals surface area contributed by atoms with Gasteiger partial charge in [-0.3, -0.25) is 4.79 Å². The summed E-state index contributed by atoms with van der Waals surface area (Å²) in [5.74, 6) is 0.216. The van der Waals surface area contributed by atoms with E-state index in [1.807, 2.05) is 6.07 Å². The first kappa shape index (κ1) is 22.3. The van der Waals surface area contributed by atoms with E-state index in [-0.39, 0.29) is 17.2 Å². The highest BCUT2D eigenvalue weighted by Gasteiger charge is 2.23. The molecule has 0 fully saturated rings. The van der Waals surface area contributed by atoms with Crippen LogP contribution >= 0.6 is 0 Å². The maximum atomic E-state index is 12.8. The number of amides is 1. The van der Waals surface area contributed by atoms with Gasteiger partial charge >= 0.3 is 0 Å². The first-order chi connectivity index (χ1) is 14.4. The topological polar surface area (TPSA) is 75.7 Å². The number of rotatable bonds is 8. The summed E-state index contributed by atoms with van der Waals surface area (Å²) in [5.41, 5.74) is 4.02. The molecule has 0 heterocycles. The number of ether oxygens (including phenoxy) is 1. The van der Waals surface area contributed by atoms with E-state index < -0.39 is 10.0 Å². The SMILES string of the molecule is CCN(CC)S(=O)(=O)c1ccc(OC)c(NC(=O)Cc2ccc3c(c2)CCCC3)c1. The number of nitrogens with one attached hydrogen (secondary N) is 1. The van der Waals surface area contributed by atoms with Crippen LogP contribution < -0.4 is 10.1 Å². The standard InChI is InChI=1S/C23H30N2O4S/c1-4-25(5-2)30(27,28)20-12-13-22(29-3)21(16-20)24-23(26)15-17-10-11-18-8-6-7-9-19(18)14-17/h10-14,16H,4-9,15H2,1-3H3,(H,24,26). The zero-order valence-corrected chi connectivity index (χ0v) is 18.7. The van der Waals surface area contributed by atoms with Gasteiger partial charge in [-0.05, 0) is 60.6 Å². The van der Waals surface area contributed by atoms with E-state index in [0.717, 1.165) is 18.4 Å². The van der Waals surface area contributed by atoms with Gasteiger partial charge in [0.1, 0.15) is 5.75 Å². The zero-order chi connectivity index (χ0) is 21.7. The highest BCUT2D eigenvalue weighted by Crippen LogP contribution is 2.29. The van der Waals surface area contributed by atoms with Crippen molar-refractivity contribution in [3.63, 3.8) is 0 Å². The van der Waals surface area contributed by atoms with Crippen LogP contribution in [0, 0.1) is 0 Å². The first-order valence-electron chi connectivity index (χ1n) is 10.5. The van der Waals surface area contributed by atoms with Crippen LogP contribution in [0.25, 0.3) is 0 Å². The normalized spacial score (nSPS) is 13.7. The van der Waals surface area contributed by atoms with Crippen LogP contribution in [0.2, 0.25) is 0 Å². The van der Waals surface area contributed by atoms with Crippen LogP contribution in [0.15, 0.2) is 41.3 Å². The Kier molecular flexibility index (Phi) is 7.15. The summed E-state index contributed by atoms with van der Waals surface area (Å²) in [5, 5.41) is 2.83. The molecule has 0 saturated carbocycles. The Hall–Kier alpha value is -2.38. The molecule has 0 atom stereocenters. The van der Waals surface area contributed by atoms with Gasteiger partial charge in [0.2, 0.25) is 15.9 Å². The van der Waals surface area contributed by atoms with E-state index in [4.69, 9.17) is 4.74 Å². The molecule has 0 aliphatic heterocycles. The van der Waals surface area contributed by atoms with Crippen molar-refractivity contribution in [2.24, 2.45) is 0 Å². The number of nitrogens with zero attached hydrogens (tertiary/aromatic N) is 1. The predicted molar refractivity (Wildman–Crippen MR) is 119 cm³/mol. The molecule has 1 aliphatic carbocycles. The number of sulfonamides is 1. The quantitative estimate of drug-likeness (QED) is 0.691. The van der Waals surface area contributed by atoms with Crippen LogP contribution in [0.1, 0.15) is 43.4 Å². The first-order valence-corrected chi connectivity index (χ1v) is 11.9. The van der Waals surface area contributed by atoms with E-state index in [2.05, 4.69) is 17.4 Å². The molecule has 0 radical (unpaired) electrons. The maximum Gasteiger partial charge on any atom is 0.243 e. The van der Waals surface area contributed by atoms with Gasteiger partial charge in [-0.1, -0.05) is 32.0 Å². The lowest BCUT2D eigenvalue weighted by Crippen LogP contribution is -2.30. The summed E-state index contributed by atoms with van der Waals surface area (Å²) in [6.45, 7) is 4.35. The third-order valence-corrected chi connectivity index (χ3v) is 7.61. The van der Waals surface area contributed by atoms with Crippen LogP contribution in [0.5, 0.6) is 5.75 Å². The molecule has 1 N–H and O–H groups in total. The zero-order valence-electron chi connectivity index (χ0n) is 17.9. The summed E-state index contributed by atoms with van der Waals surface area (Å²) < 4.78 is 32.4. The van der Waals surface area contributed by atoms with Crippen LogP contribution in [0.4, 0.5) is 5.69 Å². The third kappa shape index (κ3) is 4.84. The molecule has 0 spiro atoms. The van der Waals surface area contributed by atoms with Gasteiger partial charge in [0, 0.05) is 13.1 Å². The second-order valence-corrected chi connectivity index (χ2v) is 9.42. The lowest BCUT2D eigenvalue weighted by atomic mass is 9.90. The van der Waals surface area contributed by atoms with Gasteiger partial charge in [-0.15, -0.1) is 0 Å². The fourth-order valence-corrected chi connectivity index (χ4v) is 5.42. The molecule has 0 saturated heterocycles. The molecular formula is C23H30N2O4S. The summed E-state index contributed by atoms with van der Waals surface area (Å²) in [6, 6.07) is 10.8. The Morgan fingerprint density at radius 3 is 2.40 bits per heavy atom. The van der Waals surface area contributed by atoms with Gasteiger partial charge in [0.05, 0.1) is 24.1 Å². The van der Waals surface area contributed by atoms with Gasteiger partial charge < -0.3 is 10.1 Å². The number of benzene rings is 2. The molecule has 0 unspecified atom stereocenters. The average molecular weight is 431 g/mol. The largest absolute Gasteiger partial charge is 0.495 e. The average Bonchev–Trinajstić information content (AvgIpc) is 2.74. The van der Waals surface area contributed by atoms with Gasteiger partial charge in [-0.2, -0.15) is 4.31 Å². The minimum absolute atomic E-state index is 0.135. The molecule has 0 bridgehead atoms. The van der Waals surface area contributed by atoms with Gasteiger partial charge in [0.15, 0.2) is 0 Å². The van der Waals surface area contributed by atoms with Crippen LogP contribution in [-0.2, 0) is 34.1 Å². The van der Waals surface area contributed by atoms with E-state index in [9.17, 15) is 13.2 Å². The molecule has 30 heavy (non-hydrogen) atoms. The molecule has 7 heteroatoms. The lowest BCUT2D eigenvalue weighted by molar-refractivity contribution is -0.115. The summed E-state index contributed by atoms with van der Waals surface area (Å²) in [7, 11) is -2.13. The van der Waals surface area contributed by atoms with Crippen molar-refractivity contribution in [3.8, 4) is 5.75 Å². The second-order valence-electron chi connectivity index (χ2n) is 7.49. The van der Waals surface area contributed by atoms with Crippen molar-refractivity contribution in [1.82, 2.24) is 4.31 Å². The second kappa shape index (κ2) is 9.62. The minimum atomic E-state index is -3.63. The fraction of sp³-hybridized carbons (Fsp3) is 0.435. The molecular weight excluding hydrogens is 400 g/mol. The molecule has 0 aromatic heterocycles. The molecule has 2 aromatic carbocycles. The van der Waals surface area contributed by atoms with Crippen molar-refractivity contribution in [2.75, 3.05) is 25.5 Å². The molecule has 1 aliphatic rings. The highest BCUT2D eigenvalue weighted by atomic mass is 32.2. The summed E-state index contributed by atoms with van der Waals surface area (Å²) in [4.78, 5) is 12.8. The number of anilines is 1. The van der Waals surface area contributed by atoms with E-state index in [1.165, 1.54) is 47.5 Å². The van der Waals surface area contributed by atoms with Crippen molar-refractivity contribution in [2.45, 2.75) is 50.8 Å². The van der Waals surface area contributed by atoms with Crippen molar-refractivity contribution < 1.29 is 17.9 Å². The highest BCUT2D eigenvalue weighted by molar-refractivity contribution is 7.89. The molecule has 6 nitrogen and oxygen atoms in total. The van der Waals surface area contributed by atoms with Gasteiger partial charge in [-0.25, -0.2) is 8.42 Å². The smallest absolute Gasteiger partial charge is 0.243 e. The van der Waals surface area contributed by atoms with Crippen LogP contribution in [-0.4, -0.2) is 38.8 Å². The molecule has 2 aromatic rings. The van der Waals surface area contributed by atoms with Crippen molar-refractivity contribution in [1.29, 1.82) is 0 Å². The van der Waals surface area contributed by atoms with Crippen LogP contribution in [0.3, 0.4) is 0 Å². The number of carbonyl (C=O) groups is 1. The Bertz CT molecular complexity index is 1010. The van der Waals surface area contributed by atoms with E-state index >= 15 is 0 Å². The Balaban J connectivity index is 1.80. The molecule has 162 valence electrons. The predicted octanol–water partition coefficient (Wildman–Crippen LogP) is 3.79. The van der Waals surface area contributed by atoms with Crippen molar-refractivity contribution >= 4 is 21.6 Å². The van der Waals surface area contributed by atoms with Gasteiger partial charge in [0.25, 0.3) is 0 Å². The number of fused-ring (bicyclic) bond motifs is 1. The Morgan fingerprint density at radius 2 is 1.73 bits per heavy atom. The Labute approximate surface area is 179 Å². The number of hydrogen-bond acceptors (Lipinski definition) is 4. The lowest BCUT2D eigenvalue weighted by Gasteiger charge is -2.20. The number of aryl methyl sites for hydroxylation is 2. The molecule has 3 rings (SSSR count). The van der Waals surface area contributed by atoms with E-state index in [0.29, 0.717) is 24.5 Å². The fourth-order valence-electron chi connectivity index (χ4n) is 3.93. The minimum Gasteiger partial charge on any atom is -0.495 e. The third-order valence-electron chi connectivity index (χ3n) is 5.57. The van der Waals surface area contributed by atoms with E-state index in [1.54, 1.807) is 19.9 Å². The van der Waals surface area contributed by atoms with Crippen molar-refractivity contribution in [3.05, 3.63) is 53.1 Å². The summed E-state index contributed by atoms with van der Waals surface area (Å²) >= 11 is 0. The Morgan fingerprint density at radius 1 is 1.03 bits per heavy atom. The summed E-state index contributed by atoms with van der Waals surface area (Å²) in [6.07, 6.45) is 4.80. The number of hydrogen-bond donors (Lipinski definition) is 1. The number of methoxy groups -OCH3 is 1.